The summed E-state index contributed by atoms with van der Waals surface area (Å²) in [5.41, 5.74) is -0.217. The Labute approximate surface area is 104 Å². The molecular weight excluding hydrogens is 240 g/mol. The van der Waals surface area contributed by atoms with Crippen LogP contribution in [-0.4, -0.2) is 42.2 Å². The van der Waals surface area contributed by atoms with Crippen LogP contribution in [0.5, 0.6) is 11.5 Å². The zero-order valence-electron chi connectivity index (χ0n) is 10.3. The summed E-state index contributed by atoms with van der Waals surface area (Å²) in [6.07, 6.45) is 1.32. The Morgan fingerprint density at radius 3 is 2.67 bits per heavy atom. The Kier molecular flexibility index (Phi) is 4.47. The van der Waals surface area contributed by atoms with Gasteiger partial charge in [0, 0.05) is 12.3 Å². The highest BCUT2D eigenvalue weighted by atomic mass is 16.5. The molecule has 7 heteroatoms. The van der Waals surface area contributed by atoms with E-state index in [2.05, 4.69) is 15.0 Å². The van der Waals surface area contributed by atoms with Crippen molar-refractivity contribution in [2.24, 2.45) is 0 Å². The standard InChI is InChI=1S/C11H14N2O5/c1-6(11(16)18-3)13-10(15)8-9(14)7(17-2)4-5-12-8/h4-6,14H,1-3H3,(H,13,15)/t6-/m0/s1. The van der Waals surface area contributed by atoms with E-state index >= 15 is 0 Å². The van der Waals surface area contributed by atoms with Crippen molar-refractivity contribution in [1.29, 1.82) is 0 Å². The summed E-state index contributed by atoms with van der Waals surface area (Å²) in [4.78, 5) is 26.6. The van der Waals surface area contributed by atoms with Crippen LogP contribution in [-0.2, 0) is 9.53 Å². The van der Waals surface area contributed by atoms with Gasteiger partial charge >= 0.3 is 5.97 Å². The number of hydrogen-bond acceptors (Lipinski definition) is 6. The minimum Gasteiger partial charge on any atom is -0.503 e. The van der Waals surface area contributed by atoms with Gasteiger partial charge in [0.15, 0.2) is 17.2 Å². The van der Waals surface area contributed by atoms with E-state index < -0.39 is 17.9 Å². The van der Waals surface area contributed by atoms with Crippen LogP contribution in [0.3, 0.4) is 0 Å². The number of aromatic nitrogens is 1. The van der Waals surface area contributed by atoms with Gasteiger partial charge in [0.2, 0.25) is 0 Å². The molecule has 1 aromatic rings. The molecule has 0 saturated carbocycles. The molecule has 1 amide bonds. The summed E-state index contributed by atoms with van der Waals surface area (Å²) in [5, 5.41) is 12.1. The third-order valence-corrected chi connectivity index (χ3v) is 2.22. The number of ether oxygens (including phenoxy) is 2. The summed E-state index contributed by atoms with van der Waals surface area (Å²) in [5.74, 6) is -1.54. The molecule has 7 nitrogen and oxygen atoms in total. The highest BCUT2D eigenvalue weighted by Crippen LogP contribution is 2.27. The average molecular weight is 254 g/mol. The molecule has 0 radical (unpaired) electrons. The van der Waals surface area contributed by atoms with E-state index in [1.54, 1.807) is 0 Å². The zero-order chi connectivity index (χ0) is 13.7. The van der Waals surface area contributed by atoms with Crippen molar-refractivity contribution in [2.45, 2.75) is 13.0 Å². The van der Waals surface area contributed by atoms with Crippen molar-refractivity contribution in [1.82, 2.24) is 10.3 Å². The van der Waals surface area contributed by atoms with Crippen LogP contribution >= 0.6 is 0 Å². The number of aromatic hydroxyl groups is 1. The summed E-state index contributed by atoms with van der Waals surface area (Å²) in [6, 6.07) is 0.574. The monoisotopic (exact) mass is 254 g/mol. The van der Waals surface area contributed by atoms with Crippen LogP contribution in [0.1, 0.15) is 17.4 Å². The highest BCUT2D eigenvalue weighted by Gasteiger charge is 2.21. The van der Waals surface area contributed by atoms with Crippen molar-refractivity contribution in [3.05, 3.63) is 18.0 Å². The van der Waals surface area contributed by atoms with Crippen molar-refractivity contribution >= 4 is 11.9 Å². The Bertz CT molecular complexity index is 461. The first kappa shape index (κ1) is 13.8. The fourth-order valence-corrected chi connectivity index (χ4v) is 1.27. The molecular formula is C11H14N2O5. The maximum absolute atomic E-state index is 11.8. The van der Waals surface area contributed by atoms with Crippen LogP contribution in [0.15, 0.2) is 12.3 Å². The summed E-state index contributed by atoms with van der Waals surface area (Å²) in [6.45, 7) is 1.46. The molecule has 1 atom stereocenters. The Hall–Kier alpha value is -2.31. The first-order chi connectivity index (χ1) is 8.51. The maximum atomic E-state index is 11.8. The number of carbonyl (C=O) groups is 2. The van der Waals surface area contributed by atoms with Gasteiger partial charge in [-0.1, -0.05) is 0 Å². The lowest BCUT2D eigenvalue weighted by molar-refractivity contribution is -0.142. The molecule has 0 aliphatic rings. The van der Waals surface area contributed by atoms with Gasteiger partial charge in [-0.05, 0) is 6.92 Å². The topological polar surface area (TPSA) is 97.8 Å². The second-order valence-electron chi connectivity index (χ2n) is 3.43. The number of carbonyl (C=O) groups excluding carboxylic acids is 2. The van der Waals surface area contributed by atoms with Crippen molar-refractivity contribution in [3.8, 4) is 11.5 Å². The maximum Gasteiger partial charge on any atom is 0.328 e. The second kappa shape index (κ2) is 5.85. The predicted molar refractivity (Wildman–Crippen MR) is 61.4 cm³/mol. The molecule has 18 heavy (non-hydrogen) atoms. The number of rotatable bonds is 4. The lowest BCUT2D eigenvalue weighted by atomic mass is 10.2. The third kappa shape index (κ3) is 2.88. The molecule has 1 aromatic heterocycles. The van der Waals surface area contributed by atoms with Crippen LogP contribution in [0.2, 0.25) is 0 Å². The fourth-order valence-electron chi connectivity index (χ4n) is 1.27. The number of amides is 1. The van der Waals surface area contributed by atoms with Gasteiger partial charge < -0.3 is 19.9 Å². The van der Waals surface area contributed by atoms with Gasteiger partial charge in [0.05, 0.1) is 14.2 Å². The van der Waals surface area contributed by atoms with Crippen molar-refractivity contribution < 1.29 is 24.2 Å². The summed E-state index contributed by atoms with van der Waals surface area (Å²) >= 11 is 0. The molecule has 0 aliphatic heterocycles. The van der Waals surface area contributed by atoms with Gasteiger partial charge in [-0.15, -0.1) is 0 Å². The van der Waals surface area contributed by atoms with Crippen molar-refractivity contribution in [2.75, 3.05) is 14.2 Å². The van der Waals surface area contributed by atoms with E-state index in [-0.39, 0.29) is 17.2 Å². The van der Waals surface area contributed by atoms with Gasteiger partial charge in [0.1, 0.15) is 6.04 Å². The lowest BCUT2D eigenvalue weighted by Crippen LogP contribution is -2.39. The van der Waals surface area contributed by atoms with Gasteiger partial charge in [-0.3, -0.25) is 4.79 Å². The first-order valence-corrected chi connectivity index (χ1v) is 5.12. The zero-order valence-corrected chi connectivity index (χ0v) is 10.3. The molecule has 0 spiro atoms. The number of pyridine rings is 1. The number of hydrogen-bond donors (Lipinski definition) is 2. The smallest absolute Gasteiger partial charge is 0.328 e. The molecule has 1 rings (SSSR count). The molecule has 0 saturated heterocycles. The fraction of sp³-hybridized carbons (Fsp3) is 0.364. The van der Waals surface area contributed by atoms with Gasteiger partial charge in [0.25, 0.3) is 5.91 Å². The molecule has 0 fully saturated rings. The van der Waals surface area contributed by atoms with E-state index in [0.29, 0.717) is 0 Å². The molecule has 0 unspecified atom stereocenters. The first-order valence-electron chi connectivity index (χ1n) is 5.12. The number of nitrogens with one attached hydrogen (secondary N) is 1. The molecule has 2 N–H and O–H groups in total. The quantitative estimate of drug-likeness (QED) is 0.739. The van der Waals surface area contributed by atoms with E-state index in [1.807, 2.05) is 0 Å². The Balaban J connectivity index is 2.88. The lowest BCUT2D eigenvalue weighted by Gasteiger charge is -2.12. The second-order valence-corrected chi connectivity index (χ2v) is 3.43. The van der Waals surface area contributed by atoms with E-state index in [1.165, 1.54) is 33.4 Å². The molecule has 98 valence electrons. The normalized spacial score (nSPS) is 11.5. The highest BCUT2D eigenvalue weighted by molar-refractivity contribution is 5.97. The molecule has 1 heterocycles. The third-order valence-electron chi connectivity index (χ3n) is 2.22. The number of methoxy groups -OCH3 is 2. The van der Waals surface area contributed by atoms with E-state index in [9.17, 15) is 14.7 Å². The van der Waals surface area contributed by atoms with E-state index in [0.717, 1.165) is 0 Å². The molecule has 0 aliphatic carbocycles. The predicted octanol–water partition coefficient (Wildman–Crippen LogP) is 0.0871. The minimum atomic E-state index is -0.838. The summed E-state index contributed by atoms with van der Waals surface area (Å²) in [7, 11) is 2.57. The number of esters is 1. The van der Waals surface area contributed by atoms with Crippen molar-refractivity contribution in [3.63, 3.8) is 0 Å². The van der Waals surface area contributed by atoms with Gasteiger partial charge in [-0.25, -0.2) is 9.78 Å². The van der Waals surface area contributed by atoms with Crippen LogP contribution in [0, 0.1) is 0 Å². The average Bonchev–Trinajstić information content (AvgIpc) is 2.37. The largest absolute Gasteiger partial charge is 0.503 e. The van der Waals surface area contributed by atoms with E-state index in [4.69, 9.17) is 4.74 Å². The van der Waals surface area contributed by atoms with Crippen LogP contribution < -0.4 is 10.1 Å². The SMILES string of the molecule is COC(=O)[C@H](C)NC(=O)c1nccc(OC)c1O. The van der Waals surface area contributed by atoms with Crippen LogP contribution in [0.25, 0.3) is 0 Å². The molecule has 0 aromatic carbocycles. The Morgan fingerprint density at radius 2 is 2.11 bits per heavy atom. The number of nitrogens with zero attached hydrogens (tertiary/aromatic N) is 1. The van der Waals surface area contributed by atoms with Crippen LogP contribution in [0.4, 0.5) is 0 Å². The minimum absolute atomic E-state index is 0.126. The Morgan fingerprint density at radius 1 is 1.44 bits per heavy atom. The van der Waals surface area contributed by atoms with Gasteiger partial charge in [-0.2, -0.15) is 0 Å². The molecule has 0 bridgehead atoms. The summed E-state index contributed by atoms with van der Waals surface area (Å²) < 4.78 is 9.31.